The van der Waals surface area contributed by atoms with Gasteiger partial charge in [0.25, 0.3) is 5.89 Å². The number of aromatic nitrogens is 2. The molecule has 5 nitrogen and oxygen atoms in total. The zero-order valence-electron chi connectivity index (χ0n) is 13.7. The van der Waals surface area contributed by atoms with E-state index in [0.29, 0.717) is 12.3 Å². The standard InChI is InChI=1S/C19H17BrN2O3/c1-13(14-7-3-2-4-8-14)11-18(23)24-12-17-21-22-19(25-17)15-9-5-6-10-16(15)20/h2-10,13H,11-12H2,1H3/t13-/m1/s1. The van der Waals surface area contributed by atoms with Gasteiger partial charge in [0.05, 0.1) is 12.0 Å². The van der Waals surface area contributed by atoms with Crippen molar-refractivity contribution in [2.75, 3.05) is 0 Å². The third-order valence-electron chi connectivity index (χ3n) is 3.77. The maximum absolute atomic E-state index is 12.0. The normalized spacial score (nSPS) is 11.9. The molecular weight excluding hydrogens is 384 g/mol. The van der Waals surface area contributed by atoms with Crippen LogP contribution < -0.4 is 0 Å². The Morgan fingerprint density at radius 3 is 2.60 bits per heavy atom. The number of esters is 1. The first-order valence-electron chi connectivity index (χ1n) is 7.91. The molecule has 0 amide bonds. The third-order valence-corrected chi connectivity index (χ3v) is 4.46. The molecule has 0 bridgehead atoms. The van der Waals surface area contributed by atoms with Gasteiger partial charge in [0.15, 0.2) is 6.61 Å². The van der Waals surface area contributed by atoms with E-state index in [2.05, 4.69) is 26.1 Å². The lowest BCUT2D eigenvalue weighted by molar-refractivity contribution is -0.146. The second kappa shape index (κ2) is 8.07. The average molecular weight is 401 g/mol. The van der Waals surface area contributed by atoms with Gasteiger partial charge in [0.1, 0.15) is 0 Å². The topological polar surface area (TPSA) is 65.2 Å². The van der Waals surface area contributed by atoms with Crippen molar-refractivity contribution in [3.8, 4) is 11.5 Å². The number of benzene rings is 2. The van der Waals surface area contributed by atoms with Gasteiger partial charge in [-0.25, -0.2) is 0 Å². The van der Waals surface area contributed by atoms with Gasteiger partial charge in [0, 0.05) is 4.47 Å². The average Bonchev–Trinajstić information content (AvgIpc) is 3.10. The van der Waals surface area contributed by atoms with Gasteiger partial charge in [-0.3, -0.25) is 4.79 Å². The molecule has 0 aliphatic heterocycles. The maximum atomic E-state index is 12.0. The van der Waals surface area contributed by atoms with Crippen molar-refractivity contribution in [3.63, 3.8) is 0 Å². The Morgan fingerprint density at radius 2 is 1.84 bits per heavy atom. The van der Waals surface area contributed by atoms with E-state index in [0.717, 1.165) is 15.6 Å². The minimum atomic E-state index is -0.294. The Labute approximate surface area is 154 Å². The number of ether oxygens (including phenoxy) is 1. The summed E-state index contributed by atoms with van der Waals surface area (Å²) in [6, 6.07) is 17.4. The molecule has 0 N–H and O–H groups in total. The first kappa shape index (κ1) is 17.4. The van der Waals surface area contributed by atoms with Gasteiger partial charge in [-0.15, -0.1) is 10.2 Å². The van der Waals surface area contributed by atoms with Crippen molar-refractivity contribution < 1.29 is 13.9 Å². The van der Waals surface area contributed by atoms with E-state index in [4.69, 9.17) is 9.15 Å². The molecule has 25 heavy (non-hydrogen) atoms. The molecule has 1 aromatic heterocycles. The minimum Gasteiger partial charge on any atom is -0.456 e. The predicted molar refractivity (Wildman–Crippen MR) is 96.7 cm³/mol. The fourth-order valence-corrected chi connectivity index (χ4v) is 2.86. The summed E-state index contributed by atoms with van der Waals surface area (Å²) in [4.78, 5) is 12.0. The lowest BCUT2D eigenvalue weighted by Crippen LogP contribution is -2.08. The van der Waals surface area contributed by atoms with E-state index in [-0.39, 0.29) is 24.4 Å². The number of hydrogen-bond acceptors (Lipinski definition) is 5. The van der Waals surface area contributed by atoms with Crippen LogP contribution in [0.25, 0.3) is 11.5 Å². The molecule has 3 aromatic rings. The summed E-state index contributed by atoms with van der Waals surface area (Å²) >= 11 is 3.44. The monoisotopic (exact) mass is 400 g/mol. The third kappa shape index (κ3) is 4.54. The van der Waals surface area contributed by atoms with Crippen LogP contribution in [0.1, 0.15) is 30.7 Å². The predicted octanol–water partition coefficient (Wildman–Crippen LogP) is 4.74. The molecule has 1 heterocycles. The summed E-state index contributed by atoms with van der Waals surface area (Å²) in [5.74, 6) is 0.451. The van der Waals surface area contributed by atoms with E-state index in [1.807, 2.05) is 61.5 Å². The Balaban J connectivity index is 1.55. The highest BCUT2D eigenvalue weighted by atomic mass is 79.9. The molecule has 1 atom stereocenters. The number of carbonyl (C=O) groups is 1. The van der Waals surface area contributed by atoms with E-state index >= 15 is 0 Å². The van der Waals surface area contributed by atoms with Crippen molar-refractivity contribution in [1.29, 1.82) is 0 Å². The zero-order valence-corrected chi connectivity index (χ0v) is 15.3. The fourth-order valence-electron chi connectivity index (χ4n) is 2.41. The van der Waals surface area contributed by atoms with E-state index in [9.17, 15) is 4.79 Å². The SMILES string of the molecule is C[C@H](CC(=O)OCc1nnc(-c2ccccc2Br)o1)c1ccccc1. The molecule has 0 saturated carbocycles. The second-order valence-electron chi connectivity index (χ2n) is 5.66. The van der Waals surface area contributed by atoms with E-state index < -0.39 is 0 Å². The van der Waals surface area contributed by atoms with Crippen LogP contribution in [0.3, 0.4) is 0 Å². The lowest BCUT2D eigenvalue weighted by atomic mass is 9.98. The Kier molecular flexibility index (Phi) is 5.60. The Morgan fingerprint density at radius 1 is 1.12 bits per heavy atom. The van der Waals surface area contributed by atoms with Gasteiger partial charge < -0.3 is 9.15 Å². The number of rotatable bonds is 6. The molecular formula is C19H17BrN2O3. The molecule has 0 spiro atoms. The molecule has 2 aromatic carbocycles. The molecule has 0 aliphatic carbocycles. The molecule has 3 rings (SSSR count). The maximum Gasteiger partial charge on any atom is 0.306 e. The van der Waals surface area contributed by atoms with E-state index in [1.165, 1.54) is 0 Å². The smallest absolute Gasteiger partial charge is 0.306 e. The molecule has 0 radical (unpaired) electrons. The lowest BCUT2D eigenvalue weighted by Gasteiger charge is -2.10. The van der Waals surface area contributed by atoms with Crippen LogP contribution in [0, 0.1) is 0 Å². The van der Waals surface area contributed by atoms with Gasteiger partial charge in [-0.05, 0) is 39.5 Å². The minimum absolute atomic E-state index is 0.0300. The fraction of sp³-hybridized carbons (Fsp3) is 0.211. The Bertz CT molecular complexity index is 849. The highest BCUT2D eigenvalue weighted by Crippen LogP contribution is 2.26. The summed E-state index contributed by atoms with van der Waals surface area (Å²) in [7, 11) is 0. The van der Waals surface area contributed by atoms with Crippen molar-refractivity contribution in [2.24, 2.45) is 0 Å². The van der Waals surface area contributed by atoms with E-state index in [1.54, 1.807) is 0 Å². The van der Waals surface area contributed by atoms with Gasteiger partial charge in [-0.1, -0.05) is 49.4 Å². The summed E-state index contributed by atoms with van der Waals surface area (Å²) in [5.41, 5.74) is 1.90. The van der Waals surface area contributed by atoms with Crippen molar-refractivity contribution >= 4 is 21.9 Å². The first-order chi connectivity index (χ1) is 12.1. The summed E-state index contributed by atoms with van der Waals surface area (Å²) in [5, 5.41) is 7.92. The van der Waals surface area contributed by atoms with Crippen LogP contribution in [-0.4, -0.2) is 16.2 Å². The Hall–Kier alpha value is -2.47. The number of hydrogen-bond donors (Lipinski definition) is 0. The first-order valence-corrected chi connectivity index (χ1v) is 8.70. The van der Waals surface area contributed by atoms with Gasteiger partial charge in [-0.2, -0.15) is 0 Å². The van der Waals surface area contributed by atoms with Crippen molar-refractivity contribution in [2.45, 2.75) is 25.9 Å². The van der Waals surface area contributed by atoms with Gasteiger partial charge >= 0.3 is 5.97 Å². The molecule has 0 unspecified atom stereocenters. The van der Waals surface area contributed by atoms with Crippen molar-refractivity contribution in [3.05, 3.63) is 70.5 Å². The van der Waals surface area contributed by atoms with Crippen LogP contribution in [0.5, 0.6) is 0 Å². The summed E-state index contributed by atoms with van der Waals surface area (Å²) < 4.78 is 11.7. The number of nitrogens with zero attached hydrogens (tertiary/aromatic N) is 2. The van der Waals surface area contributed by atoms with Crippen LogP contribution in [0.2, 0.25) is 0 Å². The molecule has 0 fully saturated rings. The summed E-state index contributed by atoms with van der Waals surface area (Å²) in [6.07, 6.45) is 0.301. The van der Waals surface area contributed by atoms with Crippen molar-refractivity contribution in [1.82, 2.24) is 10.2 Å². The number of halogens is 1. The molecule has 128 valence electrons. The zero-order chi connectivity index (χ0) is 17.6. The highest BCUT2D eigenvalue weighted by molar-refractivity contribution is 9.10. The van der Waals surface area contributed by atoms with Crippen LogP contribution in [-0.2, 0) is 16.1 Å². The summed E-state index contributed by atoms with van der Waals surface area (Å²) in [6.45, 7) is 1.96. The molecule has 0 aliphatic rings. The van der Waals surface area contributed by atoms with Gasteiger partial charge in [0.2, 0.25) is 5.89 Å². The second-order valence-corrected chi connectivity index (χ2v) is 6.51. The largest absolute Gasteiger partial charge is 0.456 e. The van der Waals surface area contributed by atoms with Crippen LogP contribution in [0.15, 0.2) is 63.5 Å². The molecule has 0 saturated heterocycles. The van der Waals surface area contributed by atoms with Crippen LogP contribution >= 0.6 is 15.9 Å². The highest BCUT2D eigenvalue weighted by Gasteiger charge is 2.15. The molecule has 6 heteroatoms. The quantitative estimate of drug-likeness (QED) is 0.559. The number of carbonyl (C=O) groups excluding carboxylic acids is 1. The van der Waals surface area contributed by atoms with Crippen LogP contribution in [0.4, 0.5) is 0 Å².